The van der Waals surface area contributed by atoms with Gasteiger partial charge in [-0.15, -0.1) is 0 Å². The molecular formula is C35H69O8P. The third-order valence-corrected chi connectivity index (χ3v) is 8.61. The number of carbonyl (C=O) groups is 2. The Morgan fingerprint density at radius 2 is 0.818 bits per heavy atom. The number of ether oxygens (including phenoxy) is 2. The molecule has 0 unspecified atom stereocenters. The first kappa shape index (κ1) is 43.0. The predicted octanol–water partition coefficient (Wildman–Crippen LogP) is 10.5. The fraction of sp³-hybridized carbons (Fsp3) is 0.943. The number of carbonyl (C=O) groups excluding carboxylic acids is 2. The molecule has 0 aromatic carbocycles. The molecule has 0 saturated carbocycles. The Kier molecular flexibility index (Phi) is 31.3. The fourth-order valence-corrected chi connectivity index (χ4v) is 5.73. The van der Waals surface area contributed by atoms with Gasteiger partial charge in [0.1, 0.15) is 6.61 Å². The van der Waals surface area contributed by atoms with Crippen molar-refractivity contribution in [2.75, 3.05) is 13.2 Å². The van der Waals surface area contributed by atoms with E-state index in [4.69, 9.17) is 19.3 Å². The van der Waals surface area contributed by atoms with Crippen LogP contribution in [0.3, 0.4) is 0 Å². The van der Waals surface area contributed by atoms with E-state index >= 15 is 0 Å². The van der Waals surface area contributed by atoms with Crippen LogP contribution in [-0.4, -0.2) is 41.0 Å². The molecule has 0 aliphatic heterocycles. The summed E-state index contributed by atoms with van der Waals surface area (Å²) in [6.07, 6.45) is 31.1. The summed E-state index contributed by atoms with van der Waals surface area (Å²) in [5.41, 5.74) is 0. The van der Waals surface area contributed by atoms with Crippen LogP contribution in [0.25, 0.3) is 0 Å². The minimum atomic E-state index is -4.74. The first-order valence-electron chi connectivity index (χ1n) is 18.3. The summed E-state index contributed by atoms with van der Waals surface area (Å²) in [5, 5.41) is 0. The lowest BCUT2D eigenvalue weighted by atomic mass is 10.0. The van der Waals surface area contributed by atoms with E-state index in [1.54, 1.807) is 0 Å². The molecule has 0 heterocycles. The smallest absolute Gasteiger partial charge is 0.462 e. The number of unbranched alkanes of at least 4 members (excludes halogenated alkanes) is 24. The molecule has 0 aromatic heterocycles. The predicted molar refractivity (Wildman–Crippen MR) is 179 cm³/mol. The molecule has 0 bridgehead atoms. The van der Waals surface area contributed by atoms with Gasteiger partial charge in [0, 0.05) is 12.8 Å². The van der Waals surface area contributed by atoms with E-state index < -0.39 is 32.5 Å². The van der Waals surface area contributed by atoms with Crippen LogP contribution in [0.5, 0.6) is 0 Å². The highest BCUT2D eigenvalue weighted by Gasteiger charge is 2.22. The highest BCUT2D eigenvalue weighted by Crippen LogP contribution is 2.36. The Balaban J connectivity index is 3.91. The van der Waals surface area contributed by atoms with Gasteiger partial charge in [-0.3, -0.25) is 14.1 Å². The third kappa shape index (κ3) is 33.9. The van der Waals surface area contributed by atoms with Crippen molar-refractivity contribution in [1.82, 2.24) is 0 Å². The van der Waals surface area contributed by atoms with Gasteiger partial charge >= 0.3 is 19.8 Å². The van der Waals surface area contributed by atoms with Gasteiger partial charge in [0.05, 0.1) is 6.61 Å². The molecule has 0 amide bonds. The number of phosphoric acid groups is 1. The van der Waals surface area contributed by atoms with Crippen molar-refractivity contribution in [3.05, 3.63) is 0 Å². The Bertz CT molecular complexity index is 696. The van der Waals surface area contributed by atoms with E-state index in [0.717, 1.165) is 32.1 Å². The molecule has 2 N–H and O–H groups in total. The number of rotatable bonds is 34. The third-order valence-electron chi connectivity index (χ3n) is 8.13. The first-order valence-corrected chi connectivity index (χ1v) is 19.9. The van der Waals surface area contributed by atoms with Gasteiger partial charge in [-0.25, -0.2) is 4.57 Å². The SMILES string of the molecule is CCCCCCCCCCCCCCCCCCC(=O)O[C@H](COC(=O)CCCCCCCCCCCC)COP(=O)(O)O. The minimum absolute atomic E-state index is 0.220. The van der Waals surface area contributed by atoms with Gasteiger partial charge in [-0.1, -0.05) is 168 Å². The van der Waals surface area contributed by atoms with Gasteiger partial charge in [0.25, 0.3) is 0 Å². The zero-order valence-electron chi connectivity index (χ0n) is 28.6. The standard InChI is InChI=1S/C35H69O8P/c1-3-5-7-9-11-13-15-16-17-18-19-20-22-24-26-28-30-35(37)43-33(32-42-44(38,39)40)31-41-34(36)29-27-25-23-21-14-12-10-8-6-4-2/h33H,3-32H2,1-2H3,(H2,38,39,40)/t33-/m1/s1. The van der Waals surface area contributed by atoms with Crippen LogP contribution in [-0.2, 0) is 28.2 Å². The Morgan fingerprint density at radius 1 is 0.500 bits per heavy atom. The first-order chi connectivity index (χ1) is 21.3. The van der Waals surface area contributed by atoms with Crippen molar-refractivity contribution in [3.63, 3.8) is 0 Å². The summed E-state index contributed by atoms with van der Waals surface area (Å²) in [7, 11) is -4.74. The van der Waals surface area contributed by atoms with Crippen LogP contribution in [0, 0.1) is 0 Å². The molecule has 0 saturated heterocycles. The monoisotopic (exact) mass is 648 g/mol. The number of esters is 2. The Morgan fingerprint density at radius 3 is 1.16 bits per heavy atom. The van der Waals surface area contributed by atoms with Crippen molar-refractivity contribution in [1.29, 1.82) is 0 Å². The molecule has 0 radical (unpaired) electrons. The van der Waals surface area contributed by atoms with Gasteiger partial charge < -0.3 is 19.3 Å². The van der Waals surface area contributed by atoms with Crippen LogP contribution in [0.4, 0.5) is 0 Å². The van der Waals surface area contributed by atoms with Crippen LogP contribution in [0.15, 0.2) is 0 Å². The lowest BCUT2D eigenvalue weighted by Crippen LogP contribution is -2.29. The van der Waals surface area contributed by atoms with Crippen LogP contribution in [0.2, 0.25) is 0 Å². The van der Waals surface area contributed by atoms with Crippen molar-refractivity contribution in [2.45, 2.75) is 200 Å². The van der Waals surface area contributed by atoms with Crippen LogP contribution in [0.1, 0.15) is 194 Å². The molecule has 0 rings (SSSR count). The average Bonchev–Trinajstić information content (AvgIpc) is 2.98. The fourth-order valence-electron chi connectivity index (χ4n) is 5.37. The van der Waals surface area contributed by atoms with E-state index in [2.05, 4.69) is 18.4 Å². The largest absolute Gasteiger partial charge is 0.469 e. The Hall–Kier alpha value is -0.950. The summed E-state index contributed by atoms with van der Waals surface area (Å²) in [6.45, 7) is 3.67. The Labute approximate surface area is 270 Å². The summed E-state index contributed by atoms with van der Waals surface area (Å²) < 4.78 is 26.2. The summed E-state index contributed by atoms with van der Waals surface area (Å²) >= 11 is 0. The molecule has 44 heavy (non-hydrogen) atoms. The van der Waals surface area contributed by atoms with Gasteiger partial charge in [0.15, 0.2) is 6.10 Å². The lowest BCUT2D eigenvalue weighted by molar-refractivity contribution is -0.161. The molecule has 0 fully saturated rings. The minimum Gasteiger partial charge on any atom is -0.462 e. The van der Waals surface area contributed by atoms with E-state index in [1.807, 2.05) is 0 Å². The maximum atomic E-state index is 12.3. The molecule has 262 valence electrons. The highest BCUT2D eigenvalue weighted by molar-refractivity contribution is 7.46. The van der Waals surface area contributed by atoms with Gasteiger partial charge in [-0.2, -0.15) is 0 Å². The van der Waals surface area contributed by atoms with Crippen molar-refractivity contribution in [2.24, 2.45) is 0 Å². The lowest BCUT2D eigenvalue weighted by Gasteiger charge is -2.18. The van der Waals surface area contributed by atoms with Crippen molar-refractivity contribution < 1.29 is 37.9 Å². The second-order valence-corrected chi connectivity index (χ2v) is 13.8. The van der Waals surface area contributed by atoms with E-state index in [0.29, 0.717) is 6.42 Å². The van der Waals surface area contributed by atoms with Gasteiger partial charge in [-0.05, 0) is 12.8 Å². The topological polar surface area (TPSA) is 119 Å². The molecule has 0 aliphatic rings. The molecule has 0 aromatic rings. The summed E-state index contributed by atoms with van der Waals surface area (Å²) in [5.74, 6) is -0.875. The van der Waals surface area contributed by atoms with Gasteiger partial charge in [0.2, 0.25) is 0 Å². The van der Waals surface area contributed by atoms with Crippen molar-refractivity contribution in [3.8, 4) is 0 Å². The van der Waals surface area contributed by atoms with E-state index in [9.17, 15) is 14.2 Å². The highest BCUT2D eigenvalue weighted by atomic mass is 31.2. The molecule has 0 aliphatic carbocycles. The normalized spacial score (nSPS) is 12.4. The molecule has 9 heteroatoms. The van der Waals surface area contributed by atoms with Crippen LogP contribution >= 0.6 is 7.82 Å². The quantitative estimate of drug-likeness (QED) is 0.0402. The zero-order chi connectivity index (χ0) is 32.6. The number of hydrogen-bond acceptors (Lipinski definition) is 6. The van der Waals surface area contributed by atoms with Crippen LogP contribution < -0.4 is 0 Å². The summed E-state index contributed by atoms with van der Waals surface area (Å²) in [4.78, 5) is 42.6. The molecule has 1 atom stereocenters. The van der Waals surface area contributed by atoms with E-state index in [1.165, 1.54) is 128 Å². The van der Waals surface area contributed by atoms with Crippen molar-refractivity contribution >= 4 is 19.8 Å². The zero-order valence-corrected chi connectivity index (χ0v) is 29.5. The second-order valence-electron chi connectivity index (χ2n) is 12.6. The molecule has 0 spiro atoms. The maximum absolute atomic E-state index is 12.3. The summed E-state index contributed by atoms with van der Waals surface area (Å²) in [6, 6.07) is 0. The maximum Gasteiger partial charge on any atom is 0.469 e. The number of phosphoric ester groups is 1. The average molecular weight is 649 g/mol. The molecule has 8 nitrogen and oxygen atoms in total. The number of hydrogen-bond donors (Lipinski definition) is 2. The second kappa shape index (κ2) is 32.0. The van der Waals surface area contributed by atoms with E-state index in [-0.39, 0.29) is 19.4 Å². The molecular weight excluding hydrogens is 579 g/mol.